The minimum atomic E-state index is 0.682. The first-order valence-electron chi connectivity index (χ1n) is 5.46. The highest BCUT2D eigenvalue weighted by molar-refractivity contribution is 5.33. The fraction of sp³-hybridized carbons (Fsp3) is 0.545. The van der Waals surface area contributed by atoms with Gasteiger partial charge in [-0.15, -0.1) is 0 Å². The zero-order valence-electron chi connectivity index (χ0n) is 9.11. The van der Waals surface area contributed by atoms with E-state index in [9.17, 15) is 0 Å². The number of nitrogen functional groups attached to an aromatic ring is 1. The molecule has 4 heteroatoms. The lowest BCUT2D eigenvalue weighted by molar-refractivity contribution is 0.257. The van der Waals surface area contributed by atoms with Gasteiger partial charge in [0, 0.05) is 12.6 Å². The van der Waals surface area contributed by atoms with Gasteiger partial charge in [0.05, 0.1) is 5.69 Å². The molecule has 0 radical (unpaired) electrons. The van der Waals surface area contributed by atoms with Crippen LogP contribution in [0.1, 0.15) is 25.5 Å². The Bertz CT molecular complexity index is 326. The summed E-state index contributed by atoms with van der Waals surface area (Å²) < 4.78 is 0. The van der Waals surface area contributed by atoms with Crippen LogP contribution in [0.3, 0.4) is 0 Å². The van der Waals surface area contributed by atoms with Crippen molar-refractivity contribution in [1.82, 2.24) is 9.88 Å². The predicted molar refractivity (Wildman–Crippen MR) is 61.2 cm³/mol. The van der Waals surface area contributed by atoms with Crippen molar-refractivity contribution in [1.29, 1.82) is 0 Å². The van der Waals surface area contributed by atoms with Gasteiger partial charge in [-0.2, -0.15) is 0 Å². The molecule has 1 aliphatic heterocycles. The molecule has 4 nitrogen and oxygen atoms in total. The number of anilines is 1. The Morgan fingerprint density at radius 3 is 3.13 bits per heavy atom. The average molecular weight is 206 g/mol. The van der Waals surface area contributed by atoms with E-state index in [1.54, 1.807) is 0 Å². The van der Waals surface area contributed by atoms with E-state index in [2.05, 4.69) is 22.2 Å². The molecule has 3 N–H and O–H groups in total. The standard InChI is InChI=1S/C11H18N4/c1-9-4-3-7-15(9)8-10-5-2-6-11(13-10)14-12/h2,5-6,9H,3-4,7-8,12H2,1H3,(H,13,14). The van der Waals surface area contributed by atoms with E-state index in [-0.39, 0.29) is 0 Å². The van der Waals surface area contributed by atoms with E-state index in [1.807, 2.05) is 18.2 Å². The SMILES string of the molecule is CC1CCCN1Cc1cccc(NN)n1. The lowest BCUT2D eigenvalue weighted by Crippen LogP contribution is -2.26. The maximum Gasteiger partial charge on any atom is 0.140 e. The average Bonchev–Trinajstić information content (AvgIpc) is 2.65. The van der Waals surface area contributed by atoms with Gasteiger partial charge in [-0.1, -0.05) is 6.07 Å². The smallest absolute Gasteiger partial charge is 0.140 e. The first-order chi connectivity index (χ1) is 7.29. The van der Waals surface area contributed by atoms with Gasteiger partial charge < -0.3 is 5.43 Å². The minimum Gasteiger partial charge on any atom is -0.308 e. The molecule has 2 heterocycles. The van der Waals surface area contributed by atoms with Crippen molar-refractivity contribution >= 4 is 5.82 Å². The van der Waals surface area contributed by atoms with Crippen LogP contribution in [0.15, 0.2) is 18.2 Å². The third kappa shape index (κ3) is 2.46. The molecule has 1 aromatic heterocycles. The molecule has 15 heavy (non-hydrogen) atoms. The summed E-state index contributed by atoms with van der Waals surface area (Å²) in [5.41, 5.74) is 3.66. The van der Waals surface area contributed by atoms with Crippen LogP contribution < -0.4 is 11.3 Å². The van der Waals surface area contributed by atoms with Crippen molar-refractivity contribution in [3.8, 4) is 0 Å². The Morgan fingerprint density at radius 1 is 1.60 bits per heavy atom. The molecule has 0 bridgehead atoms. The molecule has 1 atom stereocenters. The number of pyridine rings is 1. The highest BCUT2D eigenvalue weighted by Gasteiger charge is 2.20. The van der Waals surface area contributed by atoms with Gasteiger partial charge >= 0.3 is 0 Å². The maximum absolute atomic E-state index is 5.33. The van der Waals surface area contributed by atoms with Crippen molar-refractivity contribution in [3.05, 3.63) is 23.9 Å². The zero-order chi connectivity index (χ0) is 10.7. The Morgan fingerprint density at radius 2 is 2.47 bits per heavy atom. The number of hydrogen-bond donors (Lipinski definition) is 2. The summed E-state index contributed by atoms with van der Waals surface area (Å²) in [7, 11) is 0. The first kappa shape index (κ1) is 10.4. The Balaban J connectivity index is 2.03. The minimum absolute atomic E-state index is 0.682. The molecule has 0 amide bonds. The fourth-order valence-electron chi connectivity index (χ4n) is 2.08. The lowest BCUT2D eigenvalue weighted by atomic mass is 10.2. The highest BCUT2D eigenvalue weighted by atomic mass is 15.3. The van der Waals surface area contributed by atoms with Gasteiger partial charge in [0.1, 0.15) is 5.82 Å². The van der Waals surface area contributed by atoms with Crippen molar-refractivity contribution in [2.75, 3.05) is 12.0 Å². The number of hydrogen-bond acceptors (Lipinski definition) is 4. The lowest BCUT2D eigenvalue weighted by Gasteiger charge is -2.20. The predicted octanol–water partition coefficient (Wildman–Crippen LogP) is 1.35. The number of hydrazine groups is 1. The van der Waals surface area contributed by atoms with Gasteiger partial charge in [-0.3, -0.25) is 4.90 Å². The monoisotopic (exact) mass is 206 g/mol. The molecule has 1 aromatic rings. The number of nitrogens with two attached hydrogens (primary N) is 1. The summed E-state index contributed by atoms with van der Waals surface area (Å²) in [6.07, 6.45) is 2.60. The topological polar surface area (TPSA) is 54.2 Å². The van der Waals surface area contributed by atoms with Gasteiger partial charge in [0.2, 0.25) is 0 Å². The normalized spacial score (nSPS) is 21.9. The summed E-state index contributed by atoms with van der Waals surface area (Å²) in [4.78, 5) is 6.87. The molecular weight excluding hydrogens is 188 g/mol. The number of aromatic nitrogens is 1. The zero-order valence-corrected chi connectivity index (χ0v) is 9.11. The molecule has 1 saturated heterocycles. The van der Waals surface area contributed by atoms with Crippen molar-refractivity contribution in [3.63, 3.8) is 0 Å². The van der Waals surface area contributed by atoms with E-state index in [1.165, 1.54) is 19.4 Å². The van der Waals surface area contributed by atoms with E-state index >= 15 is 0 Å². The second-order valence-corrected chi connectivity index (χ2v) is 4.12. The molecule has 0 aromatic carbocycles. The summed E-state index contributed by atoms with van der Waals surface area (Å²) >= 11 is 0. The molecular formula is C11H18N4. The summed E-state index contributed by atoms with van der Waals surface area (Å²) in [6, 6.07) is 6.59. The number of nitrogens with one attached hydrogen (secondary N) is 1. The van der Waals surface area contributed by atoms with Crippen molar-refractivity contribution in [2.24, 2.45) is 5.84 Å². The second-order valence-electron chi connectivity index (χ2n) is 4.12. The van der Waals surface area contributed by atoms with E-state index in [0.717, 1.165) is 18.1 Å². The number of rotatable bonds is 3. The number of likely N-dealkylation sites (tertiary alicyclic amines) is 1. The van der Waals surface area contributed by atoms with Crippen LogP contribution in [0.5, 0.6) is 0 Å². The molecule has 2 rings (SSSR count). The van der Waals surface area contributed by atoms with Crippen LogP contribution in [0.25, 0.3) is 0 Å². The third-order valence-corrected chi connectivity index (χ3v) is 3.01. The fourth-order valence-corrected chi connectivity index (χ4v) is 2.08. The molecule has 1 aliphatic rings. The molecule has 0 saturated carbocycles. The molecule has 0 spiro atoms. The van der Waals surface area contributed by atoms with E-state index < -0.39 is 0 Å². The highest BCUT2D eigenvalue weighted by Crippen LogP contribution is 2.18. The van der Waals surface area contributed by atoms with Gasteiger partial charge in [0.25, 0.3) is 0 Å². The van der Waals surface area contributed by atoms with Crippen LogP contribution in [0.2, 0.25) is 0 Å². The Kier molecular flexibility index (Phi) is 3.18. The van der Waals surface area contributed by atoms with Crippen LogP contribution in [0.4, 0.5) is 5.82 Å². The summed E-state index contributed by atoms with van der Waals surface area (Å²) in [6.45, 7) is 4.39. The largest absolute Gasteiger partial charge is 0.308 e. The van der Waals surface area contributed by atoms with Crippen molar-refractivity contribution < 1.29 is 0 Å². The van der Waals surface area contributed by atoms with Crippen LogP contribution >= 0.6 is 0 Å². The van der Waals surface area contributed by atoms with E-state index in [0.29, 0.717) is 6.04 Å². The van der Waals surface area contributed by atoms with E-state index in [4.69, 9.17) is 5.84 Å². The van der Waals surface area contributed by atoms with Crippen LogP contribution in [0, 0.1) is 0 Å². The molecule has 0 aliphatic carbocycles. The Labute approximate surface area is 90.5 Å². The molecule has 1 unspecified atom stereocenters. The number of nitrogens with zero attached hydrogens (tertiary/aromatic N) is 2. The summed E-state index contributed by atoms with van der Waals surface area (Å²) in [5.74, 6) is 6.06. The quantitative estimate of drug-likeness (QED) is 0.579. The Hall–Kier alpha value is -1.13. The second kappa shape index (κ2) is 4.59. The van der Waals surface area contributed by atoms with Crippen molar-refractivity contribution in [2.45, 2.75) is 32.4 Å². The maximum atomic E-state index is 5.33. The van der Waals surface area contributed by atoms with Crippen LogP contribution in [-0.2, 0) is 6.54 Å². The summed E-state index contributed by atoms with van der Waals surface area (Å²) in [5, 5.41) is 0. The first-order valence-corrected chi connectivity index (χ1v) is 5.46. The molecule has 1 fully saturated rings. The van der Waals surface area contributed by atoms with Crippen LogP contribution in [-0.4, -0.2) is 22.5 Å². The van der Waals surface area contributed by atoms with Gasteiger partial charge in [-0.05, 0) is 38.4 Å². The molecule has 82 valence electrons. The third-order valence-electron chi connectivity index (χ3n) is 3.01. The van der Waals surface area contributed by atoms with Gasteiger partial charge in [0.15, 0.2) is 0 Å². The van der Waals surface area contributed by atoms with Gasteiger partial charge in [-0.25, -0.2) is 10.8 Å².